The summed E-state index contributed by atoms with van der Waals surface area (Å²) >= 11 is 0. The Kier molecular flexibility index (Phi) is 5.39. The van der Waals surface area contributed by atoms with E-state index in [1.165, 1.54) is 5.06 Å². The van der Waals surface area contributed by atoms with Gasteiger partial charge in [0, 0.05) is 30.3 Å². The van der Waals surface area contributed by atoms with Crippen LogP contribution in [0.5, 0.6) is 0 Å². The molecule has 0 saturated carbocycles. The minimum Gasteiger partial charge on any atom is -0.462 e. The Labute approximate surface area is 117 Å². The molecule has 0 bridgehead atoms. The molecule has 0 unspecified atom stereocenters. The van der Waals surface area contributed by atoms with Gasteiger partial charge in [-0.25, -0.2) is 0 Å². The number of unbranched alkanes of at least 4 members (excludes halogenated alkanes) is 2. The molecule has 0 aromatic heterocycles. The number of piperidine rings is 1. The molecule has 1 aliphatic rings. The van der Waals surface area contributed by atoms with Crippen molar-refractivity contribution in [2.24, 2.45) is 0 Å². The average Bonchev–Trinajstić information content (AvgIpc) is 2.25. The zero-order valence-corrected chi connectivity index (χ0v) is 13.0. The van der Waals surface area contributed by atoms with Crippen LogP contribution in [0.1, 0.15) is 73.1 Å². The predicted molar refractivity (Wildman–Crippen MR) is 75.0 cm³/mol. The smallest absolute Gasteiger partial charge is 0.306 e. The number of carbonyl (C=O) groups excluding carboxylic acids is 1. The number of ether oxygens (including phenoxy) is 1. The predicted octanol–water partition coefficient (Wildman–Crippen LogP) is 3.52. The van der Waals surface area contributed by atoms with Gasteiger partial charge in [0.25, 0.3) is 0 Å². The third kappa shape index (κ3) is 4.46. The van der Waals surface area contributed by atoms with E-state index in [1.54, 1.807) is 0 Å². The number of carbonyl (C=O) groups is 1. The summed E-state index contributed by atoms with van der Waals surface area (Å²) in [5, 5.41) is 11.6. The van der Waals surface area contributed by atoms with Gasteiger partial charge in [-0.15, -0.1) is 0 Å². The first-order chi connectivity index (χ1) is 8.69. The van der Waals surface area contributed by atoms with E-state index in [0.717, 1.165) is 19.3 Å². The second-order valence-corrected chi connectivity index (χ2v) is 6.91. The first-order valence-corrected chi connectivity index (χ1v) is 7.38. The van der Waals surface area contributed by atoms with Gasteiger partial charge in [0.05, 0.1) is 0 Å². The SMILES string of the molecule is CCCCCC(=O)OC1CC(C)(C)N(O)C(C)(C)C1. The maximum absolute atomic E-state index is 11.8. The van der Waals surface area contributed by atoms with Gasteiger partial charge in [0.15, 0.2) is 0 Å². The standard InChI is InChI=1S/C15H29NO3/c1-6-7-8-9-13(17)19-12-10-14(2,3)16(18)15(4,5)11-12/h12,18H,6-11H2,1-5H3. The Bertz CT molecular complexity index is 295. The number of nitrogens with zero attached hydrogens (tertiary/aromatic N) is 1. The fourth-order valence-electron chi connectivity index (χ4n) is 3.03. The van der Waals surface area contributed by atoms with Crippen LogP contribution in [0.15, 0.2) is 0 Å². The average molecular weight is 271 g/mol. The van der Waals surface area contributed by atoms with Crippen LogP contribution in [0, 0.1) is 0 Å². The van der Waals surface area contributed by atoms with E-state index in [4.69, 9.17) is 4.74 Å². The highest BCUT2D eigenvalue weighted by atomic mass is 16.5. The van der Waals surface area contributed by atoms with Crippen LogP contribution >= 0.6 is 0 Å². The van der Waals surface area contributed by atoms with Gasteiger partial charge < -0.3 is 9.94 Å². The molecule has 0 atom stereocenters. The zero-order valence-electron chi connectivity index (χ0n) is 13.0. The second kappa shape index (κ2) is 6.23. The quantitative estimate of drug-likeness (QED) is 0.614. The van der Waals surface area contributed by atoms with E-state index in [1.807, 2.05) is 27.7 Å². The Morgan fingerprint density at radius 3 is 2.21 bits per heavy atom. The van der Waals surface area contributed by atoms with E-state index in [2.05, 4.69) is 6.92 Å². The highest BCUT2D eigenvalue weighted by Gasteiger charge is 2.46. The summed E-state index contributed by atoms with van der Waals surface area (Å²) in [6, 6.07) is 0. The molecule has 0 amide bonds. The molecule has 1 aliphatic heterocycles. The molecular weight excluding hydrogens is 242 g/mol. The second-order valence-electron chi connectivity index (χ2n) is 6.91. The summed E-state index contributed by atoms with van der Waals surface area (Å²) in [4.78, 5) is 11.8. The lowest BCUT2D eigenvalue weighted by atomic mass is 9.80. The molecule has 4 heteroatoms. The number of hydrogen-bond acceptors (Lipinski definition) is 4. The fraction of sp³-hybridized carbons (Fsp3) is 0.933. The summed E-state index contributed by atoms with van der Waals surface area (Å²) in [6.07, 6.45) is 4.84. The van der Waals surface area contributed by atoms with Crippen molar-refractivity contribution >= 4 is 5.97 Å². The van der Waals surface area contributed by atoms with E-state index < -0.39 is 0 Å². The number of esters is 1. The van der Waals surface area contributed by atoms with Crippen LogP contribution in [0.3, 0.4) is 0 Å². The highest BCUT2D eigenvalue weighted by molar-refractivity contribution is 5.69. The molecule has 1 fully saturated rings. The Balaban J connectivity index is 2.53. The topological polar surface area (TPSA) is 49.8 Å². The van der Waals surface area contributed by atoms with Gasteiger partial charge in [0.1, 0.15) is 6.10 Å². The van der Waals surface area contributed by atoms with Crippen molar-refractivity contribution in [2.75, 3.05) is 0 Å². The molecule has 0 spiro atoms. The summed E-state index contributed by atoms with van der Waals surface area (Å²) in [5.74, 6) is -0.101. The third-order valence-corrected chi connectivity index (χ3v) is 3.88. The lowest BCUT2D eigenvalue weighted by Gasteiger charge is -2.50. The van der Waals surface area contributed by atoms with Crippen molar-refractivity contribution < 1.29 is 14.7 Å². The van der Waals surface area contributed by atoms with Gasteiger partial charge in [0.2, 0.25) is 0 Å². The summed E-state index contributed by atoms with van der Waals surface area (Å²) in [5.41, 5.74) is -0.730. The molecule has 1 saturated heterocycles. The lowest BCUT2D eigenvalue weighted by molar-refractivity contribution is -0.259. The van der Waals surface area contributed by atoms with E-state index in [9.17, 15) is 10.0 Å². The van der Waals surface area contributed by atoms with Gasteiger partial charge in [-0.2, -0.15) is 5.06 Å². The molecule has 112 valence electrons. The van der Waals surface area contributed by atoms with Gasteiger partial charge in [-0.05, 0) is 34.1 Å². The third-order valence-electron chi connectivity index (χ3n) is 3.88. The van der Waals surface area contributed by atoms with Gasteiger partial charge in [-0.1, -0.05) is 19.8 Å². The zero-order chi connectivity index (χ0) is 14.7. The fourth-order valence-corrected chi connectivity index (χ4v) is 3.03. The number of hydroxylamine groups is 2. The van der Waals surface area contributed by atoms with Crippen LogP contribution in [0.2, 0.25) is 0 Å². The molecule has 0 aromatic carbocycles. The first-order valence-electron chi connectivity index (χ1n) is 7.38. The Morgan fingerprint density at radius 1 is 1.21 bits per heavy atom. The number of hydrogen-bond donors (Lipinski definition) is 1. The van der Waals surface area contributed by atoms with Crippen LogP contribution in [0.4, 0.5) is 0 Å². The Morgan fingerprint density at radius 2 is 1.74 bits per heavy atom. The summed E-state index contributed by atoms with van der Waals surface area (Å²) < 4.78 is 5.58. The molecule has 4 nitrogen and oxygen atoms in total. The minimum absolute atomic E-state index is 0.0949. The molecule has 19 heavy (non-hydrogen) atoms. The van der Waals surface area contributed by atoms with Crippen molar-refractivity contribution in [3.05, 3.63) is 0 Å². The van der Waals surface area contributed by atoms with Gasteiger partial charge >= 0.3 is 5.97 Å². The summed E-state index contributed by atoms with van der Waals surface area (Å²) in [6.45, 7) is 10.0. The van der Waals surface area contributed by atoms with Crippen molar-refractivity contribution in [1.29, 1.82) is 0 Å². The molecule has 1 heterocycles. The maximum atomic E-state index is 11.8. The van der Waals surface area contributed by atoms with E-state index in [-0.39, 0.29) is 23.2 Å². The van der Waals surface area contributed by atoms with Crippen LogP contribution in [-0.4, -0.2) is 33.4 Å². The molecule has 1 N–H and O–H groups in total. The normalized spacial score (nSPS) is 23.3. The highest BCUT2D eigenvalue weighted by Crippen LogP contribution is 2.38. The largest absolute Gasteiger partial charge is 0.462 e. The molecule has 0 aliphatic carbocycles. The van der Waals surface area contributed by atoms with Crippen molar-refractivity contribution in [3.63, 3.8) is 0 Å². The molecular formula is C15H29NO3. The van der Waals surface area contributed by atoms with Gasteiger partial charge in [-0.3, -0.25) is 4.79 Å². The monoisotopic (exact) mass is 271 g/mol. The maximum Gasteiger partial charge on any atom is 0.306 e. The van der Waals surface area contributed by atoms with Crippen LogP contribution in [-0.2, 0) is 9.53 Å². The molecule has 0 radical (unpaired) electrons. The van der Waals surface area contributed by atoms with E-state index >= 15 is 0 Å². The van der Waals surface area contributed by atoms with Crippen molar-refractivity contribution in [3.8, 4) is 0 Å². The molecule has 1 rings (SSSR count). The van der Waals surface area contributed by atoms with Crippen LogP contribution in [0.25, 0.3) is 0 Å². The van der Waals surface area contributed by atoms with Crippen molar-refractivity contribution in [1.82, 2.24) is 5.06 Å². The lowest BCUT2D eigenvalue weighted by Crippen LogP contribution is -2.60. The van der Waals surface area contributed by atoms with Crippen molar-refractivity contribution in [2.45, 2.75) is 90.3 Å². The summed E-state index contributed by atoms with van der Waals surface area (Å²) in [7, 11) is 0. The number of rotatable bonds is 5. The minimum atomic E-state index is -0.365. The van der Waals surface area contributed by atoms with E-state index in [0.29, 0.717) is 19.3 Å². The first kappa shape index (κ1) is 16.4. The molecule has 0 aromatic rings. The van der Waals surface area contributed by atoms with Crippen LogP contribution < -0.4 is 0 Å². The Hall–Kier alpha value is -0.610.